The van der Waals surface area contributed by atoms with E-state index in [1.165, 1.54) is 10.9 Å². The van der Waals surface area contributed by atoms with Gasteiger partial charge in [0.1, 0.15) is 0 Å². The maximum atomic E-state index is 12.3. The van der Waals surface area contributed by atoms with Crippen molar-refractivity contribution in [3.05, 3.63) is 17.5 Å². The molecule has 0 fully saturated rings. The summed E-state index contributed by atoms with van der Waals surface area (Å²) < 4.78 is 38.4. The summed E-state index contributed by atoms with van der Waals surface area (Å²) in [7, 11) is 1.67. The summed E-state index contributed by atoms with van der Waals surface area (Å²) in [5.74, 6) is 0. The summed E-state index contributed by atoms with van der Waals surface area (Å²) in [5.41, 5.74) is 0.573. The first kappa shape index (κ1) is 12.1. The predicted octanol–water partition coefficient (Wildman–Crippen LogP) is 2.82. The van der Waals surface area contributed by atoms with Crippen LogP contribution in [0.25, 0.3) is 0 Å². The molecule has 86 valence electrons. The third kappa shape index (κ3) is 2.97. The summed E-state index contributed by atoms with van der Waals surface area (Å²) in [4.78, 5) is 0. The van der Waals surface area contributed by atoms with Crippen LogP contribution in [0, 0.1) is 0 Å². The van der Waals surface area contributed by atoms with Gasteiger partial charge >= 0.3 is 6.18 Å². The maximum Gasteiger partial charge on any atom is 0.393 e. The molecule has 0 unspecified atom stereocenters. The van der Waals surface area contributed by atoms with Crippen molar-refractivity contribution in [2.24, 2.45) is 7.05 Å². The molecule has 0 aromatic carbocycles. The van der Waals surface area contributed by atoms with E-state index in [4.69, 9.17) is 0 Å². The fourth-order valence-electron chi connectivity index (χ4n) is 1.80. The minimum absolute atomic E-state index is 0.262. The Morgan fingerprint density at radius 1 is 1.27 bits per heavy atom. The highest BCUT2D eigenvalue weighted by Gasteiger charge is 2.32. The largest absolute Gasteiger partial charge is 0.393 e. The first-order valence-corrected chi connectivity index (χ1v) is 4.69. The fourth-order valence-corrected chi connectivity index (χ4v) is 1.80. The van der Waals surface area contributed by atoms with Crippen molar-refractivity contribution >= 4 is 0 Å². The maximum absolute atomic E-state index is 12.3. The van der Waals surface area contributed by atoms with Crippen molar-refractivity contribution in [2.45, 2.75) is 38.8 Å². The molecule has 0 amide bonds. The molecule has 0 saturated carbocycles. The van der Waals surface area contributed by atoms with Gasteiger partial charge in [-0.1, -0.05) is 20.8 Å². The Labute approximate surface area is 87.1 Å². The molecule has 0 saturated heterocycles. The highest BCUT2D eigenvalue weighted by atomic mass is 19.4. The first-order valence-electron chi connectivity index (χ1n) is 4.69. The second-order valence-electron chi connectivity index (χ2n) is 4.68. The Balaban J connectivity index is 3.10. The van der Waals surface area contributed by atoms with Crippen LogP contribution >= 0.6 is 0 Å². The molecule has 0 aliphatic rings. The van der Waals surface area contributed by atoms with Gasteiger partial charge in [0.05, 0.1) is 12.6 Å². The van der Waals surface area contributed by atoms with Crippen molar-refractivity contribution < 1.29 is 13.2 Å². The minimum Gasteiger partial charge on any atom is -0.272 e. The second-order valence-corrected chi connectivity index (χ2v) is 4.68. The third-order valence-electron chi connectivity index (χ3n) is 2.12. The quantitative estimate of drug-likeness (QED) is 0.711. The lowest BCUT2D eigenvalue weighted by atomic mass is 9.88. The number of hydrogen-bond donors (Lipinski definition) is 0. The van der Waals surface area contributed by atoms with E-state index in [1.54, 1.807) is 7.05 Å². The van der Waals surface area contributed by atoms with Gasteiger partial charge in [-0.25, -0.2) is 0 Å². The van der Waals surface area contributed by atoms with E-state index < -0.39 is 12.6 Å². The van der Waals surface area contributed by atoms with E-state index in [1.807, 2.05) is 20.8 Å². The van der Waals surface area contributed by atoms with Gasteiger partial charge in [0.15, 0.2) is 0 Å². The van der Waals surface area contributed by atoms with Crippen molar-refractivity contribution in [1.82, 2.24) is 9.78 Å². The van der Waals surface area contributed by atoms with E-state index in [2.05, 4.69) is 5.10 Å². The monoisotopic (exact) mass is 220 g/mol. The standard InChI is InChI=1S/C10H15F3N2/c1-9(2,3)8-7(5-10(11,12)13)6-14-15(8)4/h6H,5H2,1-4H3. The lowest BCUT2D eigenvalue weighted by Crippen LogP contribution is -2.21. The topological polar surface area (TPSA) is 17.8 Å². The molecule has 0 N–H and O–H groups in total. The number of hydrogen-bond acceptors (Lipinski definition) is 1. The van der Waals surface area contributed by atoms with Gasteiger partial charge in [-0.3, -0.25) is 4.68 Å². The lowest BCUT2D eigenvalue weighted by Gasteiger charge is -2.21. The fraction of sp³-hybridized carbons (Fsp3) is 0.700. The lowest BCUT2D eigenvalue weighted by molar-refractivity contribution is -0.127. The molecule has 2 nitrogen and oxygen atoms in total. The Morgan fingerprint density at radius 3 is 2.20 bits per heavy atom. The van der Waals surface area contributed by atoms with Crippen LogP contribution in [0.2, 0.25) is 0 Å². The van der Waals surface area contributed by atoms with Crippen LogP contribution in [0.5, 0.6) is 0 Å². The van der Waals surface area contributed by atoms with Gasteiger partial charge in [-0.05, 0) is 0 Å². The molecule has 1 rings (SSSR count). The van der Waals surface area contributed by atoms with Crippen molar-refractivity contribution in [3.63, 3.8) is 0 Å². The number of aryl methyl sites for hydroxylation is 1. The van der Waals surface area contributed by atoms with Crippen LogP contribution in [0.15, 0.2) is 6.20 Å². The van der Waals surface area contributed by atoms with Crippen LogP contribution in [-0.2, 0) is 18.9 Å². The van der Waals surface area contributed by atoms with Crippen molar-refractivity contribution in [3.8, 4) is 0 Å². The van der Waals surface area contributed by atoms with E-state index in [9.17, 15) is 13.2 Å². The van der Waals surface area contributed by atoms with Crippen LogP contribution in [0.4, 0.5) is 13.2 Å². The molecule has 0 aliphatic heterocycles. The molecule has 0 bridgehead atoms. The second kappa shape index (κ2) is 3.54. The van der Waals surface area contributed by atoms with Gasteiger partial charge in [-0.15, -0.1) is 0 Å². The Hall–Kier alpha value is -1.00. The molecule has 15 heavy (non-hydrogen) atoms. The summed E-state index contributed by atoms with van der Waals surface area (Å²) >= 11 is 0. The smallest absolute Gasteiger partial charge is 0.272 e. The summed E-state index contributed by atoms with van der Waals surface area (Å²) in [6, 6.07) is 0. The van der Waals surface area contributed by atoms with Crippen LogP contribution in [-0.4, -0.2) is 16.0 Å². The molecule has 1 aromatic rings. The van der Waals surface area contributed by atoms with Gasteiger partial charge < -0.3 is 0 Å². The molecular formula is C10H15F3N2. The van der Waals surface area contributed by atoms with Gasteiger partial charge in [0, 0.05) is 23.7 Å². The molecule has 1 heterocycles. The number of alkyl halides is 3. The molecule has 0 atom stereocenters. The predicted molar refractivity (Wildman–Crippen MR) is 51.7 cm³/mol. The zero-order chi connectivity index (χ0) is 11.9. The molecule has 0 radical (unpaired) electrons. The number of rotatable bonds is 1. The number of nitrogens with zero attached hydrogens (tertiary/aromatic N) is 2. The molecule has 0 spiro atoms. The van der Waals surface area contributed by atoms with Crippen LogP contribution in [0.3, 0.4) is 0 Å². The van der Waals surface area contributed by atoms with E-state index in [-0.39, 0.29) is 11.0 Å². The Kier molecular flexibility index (Phi) is 2.85. The van der Waals surface area contributed by atoms with Crippen molar-refractivity contribution in [2.75, 3.05) is 0 Å². The summed E-state index contributed by atoms with van der Waals surface area (Å²) in [6.45, 7) is 5.64. The third-order valence-corrected chi connectivity index (χ3v) is 2.12. The van der Waals surface area contributed by atoms with Crippen LogP contribution in [0.1, 0.15) is 32.0 Å². The highest BCUT2D eigenvalue weighted by Crippen LogP contribution is 2.29. The van der Waals surface area contributed by atoms with Gasteiger partial charge in [0.2, 0.25) is 0 Å². The highest BCUT2D eigenvalue weighted by molar-refractivity contribution is 5.25. The zero-order valence-electron chi connectivity index (χ0n) is 9.31. The number of aromatic nitrogens is 2. The van der Waals surface area contributed by atoms with Gasteiger partial charge in [0.25, 0.3) is 0 Å². The SMILES string of the molecule is Cn1ncc(CC(F)(F)F)c1C(C)(C)C. The average Bonchev–Trinajstić information content (AvgIpc) is 2.25. The minimum atomic E-state index is -4.18. The van der Waals surface area contributed by atoms with Crippen molar-refractivity contribution in [1.29, 1.82) is 0 Å². The molecule has 5 heteroatoms. The Morgan fingerprint density at radius 2 is 1.80 bits per heavy atom. The molecule has 0 aliphatic carbocycles. The summed E-state index contributed by atoms with van der Waals surface area (Å²) in [5, 5.41) is 3.88. The first-order chi connectivity index (χ1) is 6.61. The van der Waals surface area contributed by atoms with Gasteiger partial charge in [-0.2, -0.15) is 18.3 Å². The number of halogens is 3. The normalized spacial score (nSPS) is 13.3. The zero-order valence-corrected chi connectivity index (χ0v) is 9.31. The van der Waals surface area contributed by atoms with Crippen LogP contribution < -0.4 is 0 Å². The Bertz CT molecular complexity index is 345. The van der Waals surface area contributed by atoms with E-state index in [0.29, 0.717) is 5.69 Å². The molecule has 1 aromatic heterocycles. The summed E-state index contributed by atoms with van der Waals surface area (Å²) in [6.07, 6.45) is -3.79. The average molecular weight is 220 g/mol. The van der Waals surface area contributed by atoms with E-state index >= 15 is 0 Å². The van der Waals surface area contributed by atoms with E-state index in [0.717, 1.165) is 0 Å². The molecular weight excluding hydrogens is 205 g/mol.